The van der Waals surface area contributed by atoms with Gasteiger partial charge in [0.2, 0.25) is 0 Å². The highest BCUT2D eigenvalue weighted by Gasteiger charge is 2.23. The van der Waals surface area contributed by atoms with Crippen molar-refractivity contribution < 1.29 is 4.74 Å². The Labute approximate surface area is 75.7 Å². The fraction of sp³-hybridized carbons (Fsp3) is 1.00. The lowest BCUT2D eigenvalue weighted by Gasteiger charge is -2.33. The van der Waals surface area contributed by atoms with Gasteiger partial charge in [0.1, 0.15) is 0 Å². The Morgan fingerprint density at radius 1 is 1.42 bits per heavy atom. The smallest absolute Gasteiger partial charge is 0.0506 e. The number of hydrogen-bond acceptors (Lipinski definition) is 2. The third kappa shape index (κ3) is 2.76. The van der Waals surface area contributed by atoms with Crippen LogP contribution in [0.4, 0.5) is 0 Å². The van der Waals surface area contributed by atoms with Crippen LogP contribution in [0.5, 0.6) is 0 Å². The number of rotatable bonds is 3. The van der Waals surface area contributed by atoms with Gasteiger partial charge < -0.3 is 10.1 Å². The molecule has 0 aromatic rings. The molecule has 3 atom stereocenters. The summed E-state index contributed by atoms with van der Waals surface area (Å²) in [4.78, 5) is 0. The highest BCUT2D eigenvalue weighted by atomic mass is 16.5. The van der Waals surface area contributed by atoms with Crippen LogP contribution >= 0.6 is 0 Å². The Hall–Kier alpha value is -0.0800. The summed E-state index contributed by atoms with van der Waals surface area (Å²) in [6.07, 6.45) is 1.31. The van der Waals surface area contributed by atoms with E-state index in [0.717, 1.165) is 31.6 Å². The van der Waals surface area contributed by atoms with Gasteiger partial charge in [-0.25, -0.2) is 0 Å². The lowest BCUT2D eigenvalue weighted by atomic mass is 9.87. The minimum atomic E-state index is 0.683. The minimum absolute atomic E-state index is 0.683. The summed E-state index contributed by atoms with van der Waals surface area (Å²) in [5, 5.41) is 3.51. The molecule has 0 aliphatic carbocycles. The molecule has 1 fully saturated rings. The average molecular weight is 171 g/mol. The molecule has 1 rings (SSSR count). The van der Waals surface area contributed by atoms with Crippen LogP contribution in [0.15, 0.2) is 0 Å². The van der Waals surface area contributed by atoms with E-state index in [4.69, 9.17) is 4.74 Å². The van der Waals surface area contributed by atoms with Crippen LogP contribution in [0.1, 0.15) is 27.2 Å². The van der Waals surface area contributed by atoms with Crippen LogP contribution < -0.4 is 5.32 Å². The zero-order valence-corrected chi connectivity index (χ0v) is 8.47. The van der Waals surface area contributed by atoms with Gasteiger partial charge in [0, 0.05) is 19.2 Å². The predicted octanol–water partition coefficient (Wildman–Crippen LogP) is 1.66. The molecule has 0 aromatic heterocycles. The summed E-state index contributed by atoms with van der Waals surface area (Å²) in [6, 6.07) is 0.683. The number of hydrogen-bond donors (Lipinski definition) is 1. The Morgan fingerprint density at radius 2 is 2.17 bits per heavy atom. The lowest BCUT2D eigenvalue weighted by molar-refractivity contribution is 0.0830. The van der Waals surface area contributed by atoms with E-state index in [-0.39, 0.29) is 0 Å². The third-order valence-electron chi connectivity index (χ3n) is 2.84. The Kier molecular flexibility index (Phi) is 4.02. The van der Waals surface area contributed by atoms with Gasteiger partial charge in [0.15, 0.2) is 0 Å². The lowest BCUT2D eigenvalue weighted by Crippen LogP contribution is -2.43. The van der Waals surface area contributed by atoms with Crippen molar-refractivity contribution in [2.45, 2.75) is 33.2 Å². The predicted molar refractivity (Wildman–Crippen MR) is 51.2 cm³/mol. The molecule has 3 unspecified atom stereocenters. The van der Waals surface area contributed by atoms with Gasteiger partial charge in [-0.1, -0.05) is 6.92 Å². The summed E-state index contributed by atoms with van der Waals surface area (Å²) in [7, 11) is 0. The molecule has 0 spiro atoms. The maximum absolute atomic E-state index is 5.42. The van der Waals surface area contributed by atoms with E-state index in [1.165, 1.54) is 6.42 Å². The highest BCUT2D eigenvalue weighted by Crippen LogP contribution is 2.20. The standard InChI is InChI=1S/C10H21NO/c1-4-12-7-10-5-8(2)9(3)11-6-10/h8-11H,4-7H2,1-3H3. The van der Waals surface area contributed by atoms with E-state index in [0.29, 0.717) is 6.04 Å². The van der Waals surface area contributed by atoms with Crippen LogP contribution in [0.25, 0.3) is 0 Å². The summed E-state index contributed by atoms with van der Waals surface area (Å²) in [5.41, 5.74) is 0. The molecule has 0 saturated carbocycles. The van der Waals surface area contributed by atoms with E-state index in [9.17, 15) is 0 Å². The first kappa shape index (κ1) is 10.0. The fourth-order valence-electron chi connectivity index (χ4n) is 1.78. The number of nitrogens with one attached hydrogen (secondary N) is 1. The normalized spacial score (nSPS) is 36.8. The number of ether oxygens (including phenoxy) is 1. The quantitative estimate of drug-likeness (QED) is 0.697. The van der Waals surface area contributed by atoms with Gasteiger partial charge in [-0.05, 0) is 32.1 Å². The Bertz CT molecular complexity index is 125. The molecule has 0 aromatic carbocycles. The van der Waals surface area contributed by atoms with Crippen molar-refractivity contribution in [1.29, 1.82) is 0 Å². The molecule has 2 nitrogen and oxygen atoms in total. The second kappa shape index (κ2) is 4.83. The van der Waals surface area contributed by atoms with E-state index in [1.807, 2.05) is 0 Å². The minimum Gasteiger partial charge on any atom is -0.381 e. The zero-order chi connectivity index (χ0) is 8.97. The van der Waals surface area contributed by atoms with Gasteiger partial charge in [-0.3, -0.25) is 0 Å². The van der Waals surface area contributed by atoms with Crippen LogP contribution in [0.2, 0.25) is 0 Å². The van der Waals surface area contributed by atoms with Gasteiger partial charge in [0.05, 0.1) is 6.61 Å². The van der Waals surface area contributed by atoms with Gasteiger partial charge >= 0.3 is 0 Å². The summed E-state index contributed by atoms with van der Waals surface area (Å²) < 4.78 is 5.42. The highest BCUT2D eigenvalue weighted by molar-refractivity contribution is 4.79. The monoisotopic (exact) mass is 171 g/mol. The van der Waals surface area contributed by atoms with Gasteiger partial charge in [0.25, 0.3) is 0 Å². The van der Waals surface area contributed by atoms with Gasteiger partial charge in [-0.2, -0.15) is 0 Å². The molecule has 0 bridgehead atoms. The van der Waals surface area contributed by atoms with Crippen LogP contribution in [-0.2, 0) is 4.74 Å². The second-order valence-electron chi connectivity index (χ2n) is 3.94. The molecule has 12 heavy (non-hydrogen) atoms. The summed E-state index contributed by atoms with van der Waals surface area (Å²) in [5.74, 6) is 1.53. The van der Waals surface area contributed by atoms with Gasteiger partial charge in [-0.15, -0.1) is 0 Å². The Morgan fingerprint density at radius 3 is 2.75 bits per heavy atom. The molecule has 72 valence electrons. The first-order valence-electron chi connectivity index (χ1n) is 5.05. The molecule has 1 heterocycles. The second-order valence-corrected chi connectivity index (χ2v) is 3.94. The first-order chi connectivity index (χ1) is 5.74. The van der Waals surface area contributed by atoms with E-state index in [1.54, 1.807) is 0 Å². The largest absolute Gasteiger partial charge is 0.381 e. The van der Waals surface area contributed by atoms with Crippen molar-refractivity contribution in [3.63, 3.8) is 0 Å². The molecule has 0 radical (unpaired) electrons. The molecule has 1 aliphatic heterocycles. The van der Waals surface area contributed by atoms with Crippen LogP contribution in [-0.4, -0.2) is 25.8 Å². The van der Waals surface area contributed by atoms with Crippen molar-refractivity contribution in [1.82, 2.24) is 5.32 Å². The zero-order valence-electron chi connectivity index (χ0n) is 8.47. The summed E-state index contributed by atoms with van der Waals surface area (Å²) in [6.45, 7) is 9.55. The molecule has 1 saturated heterocycles. The average Bonchev–Trinajstić information content (AvgIpc) is 2.07. The van der Waals surface area contributed by atoms with E-state index < -0.39 is 0 Å². The van der Waals surface area contributed by atoms with E-state index in [2.05, 4.69) is 26.1 Å². The molecule has 1 aliphatic rings. The van der Waals surface area contributed by atoms with Crippen molar-refractivity contribution >= 4 is 0 Å². The van der Waals surface area contributed by atoms with Crippen molar-refractivity contribution in [3.05, 3.63) is 0 Å². The molecular weight excluding hydrogens is 150 g/mol. The fourth-order valence-corrected chi connectivity index (χ4v) is 1.78. The SMILES string of the molecule is CCOCC1CNC(C)C(C)C1. The maximum atomic E-state index is 5.42. The molecule has 1 N–H and O–H groups in total. The van der Waals surface area contributed by atoms with Crippen molar-refractivity contribution in [3.8, 4) is 0 Å². The van der Waals surface area contributed by atoms with Crippen molar-refractivity contribution in [2.24, 2.45) is 11.8 Å². The molecule has 2 heteroatoms. The topological polar surface area (TPSA) is 21.3 Å². The molecule has 0 amide bonds. The van der Waals surface area contributed by atoms with Crippen molar-refractivity contribution in [2.75, 3.05) is 19.8 Å². The molecular formula is C10H21NO. The number of piperidine rings is 1. The van der Waals surface area contributed by atoms with E-state index >= 15 is 0 Å². The maximum Gasteiger partial charge on any atom is 0.0506 e. The third-order valence-corrected chi connectivity index (χ3v) is 2.84. The van der Waals surface area contributed by atoms with Crippen LogP contribution in [0, 0.1) is 11.8 Å². The Balaban J connectivity index is 2.21. The summed E-state index contributed by atoms with van der Waals surface area (Å²) >= 11 is 0. The van der Waals surface area contributed by atoms with Crippen LogP contribution in [0.3, 0.4) is 0 Å². The first-order valence-corrected chi connectivity index (χ1v) is 5.05.